The number of aromatic hydroxyl groups is 1. The Balaban J connectivity index is 2.05. The minimum Gasteiger partial charge on any atom is -0.505 e. The van der Waals surface area contributed by atoms with Crippen molar-refractivity contribution in [2.75, 3.05) is 6.54 Å². The number of carboxylic acids is 1. The number of pyridine rings is 2. The van der Waals surface area contributed by atoms with Crippen molar-refractivity contribution in [3.05, 3.63) is 52.8 Å². The van der Waals surface area contributed by atoms with Gasteiger partial charge in [0.15, 0.2) is 11.4 Å². The molecule has 3 N–H and O–H groups in total. The molecule has 8 heteroatoms. The molecule has 1 amide bonds. The van der Waals surface area contributed by atoms with Crippen LogP contribution in [-0.2, 0) is 4.79 Å². The van der Waals surface area contributed by atoms with Gasteiger partial charge in [-0.25, -0.2) is 9.97 Å². The molecule has 0 fully saturated rings. The summed E-state index contributed by atoms with van der Waals surface area (Å²) >= 11 is 5.89. The molecular formula is C18H14ClN3O4. The van der Waals surface area contributed by atoms with Crippen molar-refractivity contribution in [2.45, 2.75) is 6.92 Å². The van der Waals surface area contributed by atoms with Crippen LogP contribution in [0.25, 0.3) is 22.2 Å². The molecule has 132 valence electrons. The van der Waals surface area contributed by atoms with E-state index in [4.69, 9.17) is 16.7 Å². The van der Waals surface area contributed by atoms with E-state index < -0.39 is 18.4 Å². The minimum absolute atomic E-state index is 0.239. The van der Waals surface area contributed by atoms with Gasteiger partial charge in [-0.05, 0) is 31.2 Å². The van der Waals surface area contributed by atoms with Gasteiger partial charge < -0.3 is 15.5 Å². The SMILES string of the molecule is Cc1nc(C(=O)NCC(=O)O)c(O)c2ccc(-c3ccc(Cl)cc3)nc12. The molecule has 26 heavy (non-hydrogen) atoms. The fourth-order valence-corrected chi connectivity index (χ4v) is 2.63. The van der Waals surface area contributed by atoms with Crippen molar-refractivity contribution in [3.63, 3.8) is 0 Å². The van der Waals surface area contributed by atoms with E-state index >= 15 is 0 Å². The predicted octanol–water partition coefficient (Wildman–Crippen LogP) is 2.78. The molecule has 2 heterocycles. The molecule has 3 aromatic rings. The molecular weight excluding hydrogens is 358 g/mol. The Kier molecular flexibility index (Phi) is 4.73. The predicted molar refractivity (Wildman–Crippen MR) is 96.4 cm³/mol. The Morgan fingerprint density at radius 3 is 2.46 bits per heavy atom. The molecule has 0 aliphatic carbocycles. The van der Waals surface area contributed by atoms with E-state index in [1.54, 1.807) is 31.2 Å². The summed E-state index contributed by atoms with van der Waals surface area (Å²) in [5, 5.41) is 22.2. The summed E-state index contributed by atoms with van der Waals surface area (Å²) in [6.45, 7) is 1.10. The van der Waals surface area contributed by atoms with Crippen LogP contribution in [0.2, 0.25) is 5.02 Å². The van der Waals surface area contributed by atoms with Crippen LogP contribution in [0.3, 0.4) is 0 Å². The van der Waals surface area contributed by atoms with Crippen LogP contribution in [0.4, 0.5) is 0 Å². The minimum atomic E-state index is -1.19. The van der Waals surface area contributed by atoms with E-state index in [1.807, 2.05) is 12.1 Å². The number of carbonyl (C=O) groups is 2. The van der Waals surface area contributed by atoms with Crippen LogP contribution in [0.5, 0.6) is 5.75 Å². The number of halogens is 1. The largest absolute Gasteiger partial charge is 0.505 e. The van der Waals surface area contributed by atoms with Crippen LogP contribution >= 0.6 is 11.6 Å². The number of amides is 1. The highest BCUT2D eigenvalue weighted by atomic mass is 35.5. The van der Waals surface area contributed by atoms with Crippen LogP contribution in [0.1, 0.15) is 16.2 Å². The lowest BCUT2D eigenvalue weighted by Gasteiger charge is -2.10. The van der Waals surface area contributed by atoms with Gasteiger partial charge in [0.25, 0.3) is 5.91 Å². The average molecular weight is 372 g/mol. The molecule has 0 saturated heterocycles. The summed E-state index contributed by atoms with van der Waals surface area (Å²) in [6.07, 6.45) is 0. The molecule has 0 radical (unpaired) electrons. The number of aryl methyl sites for hydroxylation is 1. The standard InChI is InChI=1S/C18H14ClN3O4/c1-9-15-12(17(25)16(21-9)18(26)20-8-14(23)24)6-7-13(22-15)10-2-4-11(19)5-3-10/h2-7,25H,8H2,1H3,(H,20,26)(H,23,24). The van der Waals surface area contributed by atoms with Crippen molar-refractivity contribution >= 4 is 34.4 Å². The Morgan fingerprint density at radius 2 is 1.81 bits per heavy atom. The van der Waals surface area contributed by atoms with E-state index in [0.717, 1.165) is 5.56 Å². The Morgan fingerprint density at radius 1 is 1.12 bits per heavy atom. The van der Waals surface area contributed by atoms with E-state index in [9.17, 15) is 14.7 Å². The third kappa shape index (κ3) is 3.43. The summed E-state index contributed by atoms with van der Waals surface area (Å²) < 4.78 is 0. The number of carbonyl (C=O) groups excluding carboxylic acids is 1. The van der Waals surface area contributed by atoms with Gasteiger partial charge in [0.05, 0.1) is 16.9 Å². The normalized spacial score (nSPS) is 10.7. The maximum atomic E-state index is 12.1. The van der Waals surface area contributed by atoms with Gasteiger partial charge in [0, 0.05) is 16.0 Å². The first-order chi connectivity index (χ1) is 12.4. The van der Waals surface area contributed by atoms with Crippen LogP contribution in [0.15, 0.2) is 36.4 Å². The molecule has 7 nitrogen and oxygen atoms in total. The number of rotatable bonds is 4. The fraction of sp³-hybridized carbons (Fsp3) is 0.111. The number of hydrogen-bond donors (Lipinski definition) is 3. The van der Waals surface area contributed by atoms with Gasteiger partial charge in [-0.2, -0.15) is 0 Å². The van der Waals surface area contributed by atoms with E-state index in [1.165, 1.54) is 0 Å². The molecule has 3 rings (SSSR count). The topological polar surface area (TPSA) is 112 Å². The maximum Gasteiger partial charge on any atom is 0.322 e. The van der Waals surface area contributed by atoms with Crippen LogP contribution in [0, 0.1) is 6.92 Å². The molecule has 0 aliphatic rings. The summed E-state index contributed by atoms with van der Waals surface area (Å²) in [4.78, 5) is 31.2. The van der Waals surface area contributed by atoms with E-state index in [2.05, 4.69) is 15.3 Å². The second-order valence-electron chi connectivity index (χ2n) is 5.57. The van der Waals surface area contributed by atoms with Crippen molar-refractivity contribution in [1.29, 1.82) is 0 Å². The summed E-state index contributed by atoms with van der Waals surface area (Å²) in [5.74, 6) is -2.30. The van der Waals surface area contributed by atoms with Gasteiger partial charge in [-0.1, -0.05) is 23.7 Å². The molecule has 1 aromatic carbocycles. The number of nitrogens with one attached hydrogen (secondary N) is 1. The number of nitrogens with zero attached hydrogens (tertiary/aromatic N) is 2. The quantitative estimate of drug-likeness (QED) is 0.650. The maximum absolute atomic E-state index is 12.1. The highest BCUT2D eigenvalue weighted by Crippen LogP contribution is 2.30. The Labute approximate surface area is 153 Å². The highest BCUT2D eigenvalue weighted by molar-refractivity contribution is 6.30. The van der Waals surface area contributed by atoms with Gasteiger partial charge in [-0.3, -0.25) is 9.59 Å². The molecule has 0 atom stereocenters. The van der Waals surface area contributed by atoms with Crippen molar-refractivity contribution in [3.8, 4) is 17.0 Å². The van der Waals surface area contributed by atoms with Gasteiger partial charge in [0.2, 0.25) is 0 Å². The van der Waals surface area contributed by atoms with E-state index in [0.29, 0.717) is 27.3 Å². The summed E-state index contributed by atoms with van der Waals surface area (Å²) in [5.41, 5.74) is 2.16. The lowest BCUT2D eigenvalue weighted by atomic mass is 10.1. The van der Waals surface area contributed by atoms with Crippen LogP contribution in [-0.4, -0.2) is 38.6 Å². The second kappa shape index (κ2) is 6.97. The number of carboxylic acid groups (broad SMARTS) is 1. The number of aliphatic carboxylic acids is 1. The first-order valence-corrected chi connectivity index (χ1v) is 8.01. The van der Waals surface area contributed by atoms with Gasteiger partial charge >= 0.3 is 5.97 Å². The van der Waals surface area contributed by atoms with Gasteiger partial charge in [-0.15, -0.1) is 0 Å². The zero-order valence-electron chi connectivity index (χ0n) is 13.7. The number of fused-ring (bicyclic) bond motifs is 1. The molecule has 0 bridgehead atoms. The average Bonchev–Trinajstić information content (AvgIpc) is 2.63. The molecule has 2 aromatic heterocycles. The Bertz CT molecular complexity index is 1020. The Hall–Kier alpha value is -3.19. The zero-order chi connectivity index (χ0) is 18.8. The molecule has 0 aliphatic heterocycles. The summed E-state index contributed by atoms with van der Waals surface area (Å²) in [6, 6.07) is 10.5. The van der Waals surface area contributed by atoms with E-state index in [-0.39, 0.29) is 11.4 Å². The summed E-state index contributed by atoms with van der Waals surface area (Å²) in [7, 11) is 0. The fourth-order valence-electron chi connectivity index (χ4n) is 2.51. The lowest BCUT2D eigenvalue weighted by molar-refractivity contribution is -0.135. The molecule has 0 saturated carbocycles. The number of aromatic nitrogens is 2. The third-order valence-electron chi connectivity index (χ3n) is 3.75. The monoisotopic (exact) mass is 371 g/mol. The molecule has 0 unspecified atom stereocenters. The molecule has 0 spiro atoms. The highest BCUT2D eigenvalue weighted by Gasteiger charge is 2.19. The number of hydrogen-bond acceptors (Lipinski definition) is 5. The van der Waals surface area contributed by atoms with Crippen LogP contribution < -0.4 is 5.32 Å². The number of benzene rings is 1. The second-order valence-corrected chi connectivity index (χ2v) is 6.01. The van der Waals surface area contributed by atoms with Gasteiger partial charge in [0.1, 0.15) is 6.54 Å². The van der Waals surface area contributed by atoms with Crippen molar-refractivity contribution in [1.82, 2.24) is 15.3 Å². The lowest BCUT2D eigenvalue weighted by Crippen LogP contribution is -2.30. The smallest absolute Gasteiger partial charge is 0.322 e. The zero-order valence-corrected chi connectivity index (χ0v) is 14.4. The van der Waals surface area contributed by atoms with Crippen molar-refractivity contribution in [2.24, 2.45) is 0 Å². The third-order valence-corrected chi connectivity index (χ3v) is 4.00. The first kappa shape index (κ1) is 17.6. The first-order valence-electron chi connectivity index (χ1n) is 7.63. The van der Waals surface area contributed by atoms with Crippen molar-refractivity contribution < 1.29 is 19.8 Å².